The number of nitrogen functional groups attached to an aromatic ring is 1. The minimum absolute atomic E-state index is 0.0270. The van der Waals surface area contributed by atoms with E-state index >= 15 is 0 Å². The van der Waals surface area contributed by atoms with Crippen LogP contribution in [0.25, 0.3) is 10.1 Å². The molecule has 0 saturated heterocycles. The number of nitrogens with zero attached hydrogens (tertiary/aromatic N) is 1. The van der Waals surface area contributed by atoms with Crippen LogP contribution in [0, 0.1) is 0 Å². The number of nitrogens with two attached hydrogens (primary N) is 1. The predicted octanol–water partition coefficient (Wildman–Crippen LogP) is 2.54. The highest BCUT2D eigenvalue weighted by molar-refractivity contribution is 9.10. The Morgan fingerprint density at radius 3 is 2.89 bits per heavy atom. The van der Waals surface area contributed by atoms with E-state index in [9.17, 15) is 4.79 Å². The van der Waals surface area contributed by atoms with E-state index < -0.39 is 0 Å². The predicted molar refractivity (Wildman–Crippen MR) is 84.8 cm³/mol. The first-order valence-electron chi connectivity index (χ1n) is 5.92. The number of halogens is 1. The molecule has 0 atom stereocenters. The Kier molecular flexibility index (Phi) is 4.44. The third-order valence-electron chi connectivity index (χ3n) is 2.94. The van der Waals surface area contributed by atoms with Crippen LogP contribution in [0.15, 0.2) is 22.7 Å². The molecule has 3 N–H and O–H groups in total. The number of anilines is 1. The van der Waals surface area contributed by atoms with Gasteiger partial charge in [0.05, 0.1) is 5.69 Å². The van der Waals surface area contributed by atoms with E-state index in [1.807, 2.05) is 25.2 Å². The first-order chi connectivity index (χ1) is 9.06. The zero-order chi connectivity index (χ0) is 14.0. The first kappa shape index (κ1) is 14.3. The van der Waals surface area contributed by atoms with Crippen LogP contribution in [-0.2, 0) is 0 Å². The Balaban J connectivity index is 2.38. The highest BCUT2D eigenvalue weighted by atomic mass is 79.9. The molecule has 1 heterocycles. The molecule has 1 amide bonds. The van der Waals surface area contributed by atoms with Gasteiger partial charge in [-0.25, -0.2) is 0 Å². The molecule has 0 aliphatic rings. The van der Waals surface area contributed by atoms with E-state index in [4.69, 9.17) is 5.73 Å². The van der Waals surface area contributed by atoms with Gasteiger partial charge in [-0.3, -0.25) is 4.79 Å². The summed E-state index contributed by atoms with van der Waals surface area (Å²) in [5.41, 5.74) is 6.69. The molecule has 0 saturated carbocycles. The van der Waals surface area contributed by atoms with Gasteiger partial charge in [-0.05, 0) is 19.2 Å². The Hall–Kier alpha value is -1.11. The fourth-order valence-electron chi connectivity index (χ4n) is 1.84. The van der Waals surface area contributed by atoms with Crippen LogP contribution in [0.5, 0.6) is 0 Å². The molecular formula is C13H16BrN3OS. The maximum Gasteiger partial charge on any atom is 0.265 e. The second-order valence-electron chi connectivity index (χ2n) is 4.29. The SMILES string of the molecule is CNCCN(C)C(=O)c1sc2cccc(Br)c2c1N. The van der Waals surface area contributed by atoms with Gasteiger partial charge < -0.3 is 16.0 Å². The average molecular weight is 342 g/mol. The number of rotatable bonds is 4. The van der Waals surface area contributed by atoms with Crippen molar-refractivity contribution in [3.8, 4) is 0 Å². The Morgan fingerprint density at radius 1 is 1.53 bits per heavy atom. The molecule has 0 radical (unpaired) electrons. The number of benzene rings is 1. The van der Waals surface area contributed by atoms with Gasteiger partial charge in [0.2, 0.25) is 0 Å². The smallest absolute Gasteiger partial charge is 0.265 e. The van der Waals surface area contributed by atoms with Crippen molar-refractivity contribution in [1.82, 2.24) is 10.2 Å². The summed E-state index contributed by atoms with van der Waals surface area (Å²) in [7, 11) is 3.65. The molecule has 0 unspecified atom stereocenters. The fraction of sp³-hybridized carbons (Fsp3) is 0.308. The summed E-state index contributed by atoms with van der Waals surface area (Å²) in [6.45, 7) is 1.42. The number of nitrogens with one attached hydrogen (secondary N) is 1. The van der Waals surface area contributed by atoms with Crippen molar-refractivity contribution in [2.45, 2.75) is 0 Å². The second kappa shape index (κ2) is 5.90. The lowest BCUT2D eigenvalue weighted by Crippen LogP contribution is -2.32. The molecule has 19 heavy (non-hydrogen) atoms. The van der Waals surface area contributed by atoms with E-state index in [1.165, 1.54) is 11.3 Å². The van der Waals surface area contributed by atoms with Gasteiger partial charge in [-0.15, -0.1) is 11.3 Å². The Bertz CT molecular complexity index is 611. The molecule has 102 valence electrons. The summed E-state index contributed by atoms with van der Waals surface area (Å²) in [6, 6.07) is 5.86. The monoisotopic (exact) mass is 341 g/mol. The molecule has 1 aromatic heterocycles. The maximum atomic E-state index is 12.4. The van der Waals surface area contributed by atoms with Crippen molar-refractivity contribution in [3.63, 3.8) is 0 Å². The largest absolute Gasteiger partial charge is 0.397 e. The summed E-state index contributed by atoms with van der Waals surface area (Å²) in [5, 5.41) is 3.95. The van der Waals surface area contributed by atoms with Crippen LogP contribution in [-0.4, -0.2) is 38.0 Å². The summed E-state index contributed by atoms with van der Waals surface area (Å²) in [5.74, 6) is -0.0270. The minimum Gasteiger partial charge on any atom is -0.397 e. The van der Waals surface area contributed by atoms with Crippen LogP contribution >= 0.6 is 27.3 Å². The van der Waals surface area contributed by atoms with E-state index in [0.29, 0.717) is 17.1 Å². The topological polar surface area (TPSA) is 58.4 Å². The molecule has 0 aliphatic carbocycles. The lowest BCUT2D eigenvalue weighted by atomic mass is 10.2. The highest BCUT2D eigenvalue weighted by Crippen LogP contribution is 2.38. The minimum atomic E-state index is -0.0270. The van der Waals surface area contributed by atoms with Gasteiger partial charge in [0.25, 0.3) is 5.91 Å². The molecule has 0 bridgehead atoms. The summed E-state index contributed by atoms with van der Waals surface area (Å²) in [4.78, 5) is 14.7. The number of carbonyl (C=O) groups is 1. The van der Waals surface area contributed by atoms with Crippen LogP contribution in [0.2, 0.25) is 0 Å². The molecule has 6 heteroatoms. The maximum absolute atomic E-state index is 12.4. The van der Waals surface area contributed by atoms with Gasteiger partial charge in [0, 0.05) is 34.7 Å². The van der Waals surface area contributed by atoms with Crippen molar-refractivity contribution >= 4 is 48.9 Å². The van der Waals surface area contributed by atoms with E-state index in [-0.39, 0.29) is 5.91 Å². The molecule has 2 rings (SSSR count). The van der Waals surface area contributed by atoms with Gasteiger partial charge in [-0.1, -0.05) is 22.0 Å². The van der Waals surface area contributed by atoms with Crippen LogP contribution in [0.3, 0.4) is 0 Å². The van der Waals surface area contributed by atoms with E-state index in [2.05, 4.69) is 21.2 Å². The first-order valence-corrected chi connectivity index (χ1v) is 7.53. The molecular weight excluding hydrogens is 326 g/mol. The zero-order valence-electron chi connectivity index (χ0n) is 10.9. The van der Waals surface area contributed by atoms with Gasteiger partial charge in [-0.2, -0.15) is 0 Å². The number of thiophene rings is 1. The van der Waals surface area contributed by atoms with Gasteiger partial charge in [0.15, 0.2) is 0 Å². The number of hydrogen-bond donors (Lipinski definition) is 2. The molecule has 2 aromatic rings. The standard InChI is InChI=1S/C13H16BrN3OS/c1-16-6-7-17(2)13(18)12-11(15)10-8(14)4-3-5-9(10)19-12/h3-5,16H,6-7,15H2,1-2H3. The lowest BCUT2D eigenvalue weighted by molar-refractivity contribution is 0.0802. The second-order valence-corrected chi connectivity index (χ2v) is 6.19. The third-order valence-corrected chi connectivity index (χ3v) is 4.76. The summed E-state index contributed by atoms with van der Waals surface area (Å²) in [6.07, 6.45) is 0. The number of carbonyl (C=O) groups excluding carboxylic acids is 1. The van der Waals surface area contributed by atoms with E-state index in [1.54, 1.807) is 11.9 Å². The molecule has 1 aromatic carbocycles. The summed E-state index contributed by atoms with van der Waals surface area (Å²) >= 11 is 4.92. The van der Waals surface area contributed by atoms with Gasteiger partial charge in [0.1, 0.15) is 4.88 Å². The normalized spacial score (nSPS) is 10.9. The molecule has 0 aliphatic heterocycles. The van der Waals surface area contributed by atoms with Crippen LogP contribution < -0.4 is 11.1 Å². The van der Waals surface area contributed by atoms with Gasteiger partial charge >= 0.3 is 0 Å². The van der Waals surface area contributed by atoms with Crippen LogP contribution in [0.4, 0.5) is 5.69 Å². The van der Waals surface area contributed by atoms with Crippen LogP contribution in [0.1, 0.15) is 9.67 Å². The van der Waals surface area contributed by atoms with Crippen molar-refractivity contribution in [3.05, 3.63) is 27.5 Å². The number of hydrogen-bond acceptors (Lipinski definition) is 4. The lowest BCUT2D eigenvalue weighted by Gasteiger charge is -2.16. The Labute approximate surface area is 124 Å². The fourth-order valence-corrected chi connectivity index (χ4v) is 3.70. The average Bonchev–Trinajstić information content (AvgIpc) is 2.73. The summed E-state index contributed by atoms with van der Waals surface area (Å²) < 4.78 is 1.95. The van der Waals surface area contributed by atoms with Crippen molar-refractivity contribution < 1.29 is 4.79 Å². The Morgan fingerprint density at radius 2 is 2.26 bits per heavy atom. The molecule has 4 nitrogen and oxygen atoms in total. The molecule has 0 spiro atoms. The van der Waals surface area contributed by atoms with Crippen molar-refractivity contribution in [2.24, 2.45) is 0 Å². The van der Waals surface area contributed by atoms with Crippen molar-refractivity contribution in [1.29, 1.82) is 0 Å². The molecule has 0 fully saturated rings. The quantitative estimate of drug-likeness (QED) is 0.898. The number of amides is 1. The van der Waals surface area contributed by atoms with E-state index in [0.717, 1.165) is 21.1 Å². The number of likely N-dealkylation sites (N-methyl/N-ethyl adjacent to an activating group) is 2. The third kappa shape index (κ3) is 2.75. The number of fused-ring (bicyclic) bond motifs is 1. The zero-order valence-corrected chi connectivity index (χ0v) is 13.3. The highest BCUT2D eigenvalue weighted by Gasteiger charge is 2.20. The van der Waals surface area contributed by atoms with Crippen molar-refractivity contribution in [2.75, 3.05) is 32.9 Å².